The SMILES string of the molecule is C[C@@H]1C[C@H]2CN(C(=O)c3csc4ccccc34)C[C@H]2O1. The summed E-state index contributed by atoms with van der Waals surface area (Å²) in [7, 11) is 0. The molecule has 0 unspecified atom stereocenters. The van der Waals surface area contributed by atoms with Crippen molar-refractivity contribution in [3.05, 3.63) is 35.2 Å². The maximum atomic E-state index is 12.7. The highest BCUT2D eigenvalue weighted by atomic mass is 32.1. The summed E-state index contributed by atoms with van der Waals surface area (Å²) in [5.41, 5.74) is 0.846. The van der Waals surface area contributed by atoms with Crippen LogP contribution >= 0.6 is 11.3 Å². The van der Waals surface area contributed by atoms with Crippen LogP contribution in [-0.2, 0) is 4.74 Å². The number of hydrogen-bond donors (Lipinski definition) is 0. The number of carbonyl (C=O) groups is 1. The van der Waals surface area contributed by atoms with Crippen molar-refractivity contribution in [2.24, 2.45) is 5.92 Å². The molecule has 2 aliphatic rings. The molecule has 4 rings (SSSR count). The average Bonchev–Trinajstić information content (AvgIpc) is 3.09. The van der Waals surface area contributed by atoms with Crippen molar-refractivity contribution in [2.75, 3.05) is 13.1 Å². The maximum absolute atomic E-state index is 12.7. The van der Waals surface area contributed by atoms with Gasteiger partial charge in [-0.1, -0.05) is 18.2 Å². The molecule has 4 heteroatoms. The van der Waals surface area contributed by atoms with E-state index in [0.29, 0.717) is 12.0 Å². The van der Waals surface area contributed by atoms with Gasteiger partial charge >= 0.3 is 0 Å². The van der Waals surface area contributed by atoms with E-state index in [0.717, 1.165) is 30.5 Å². The van der Waals surface area contributed by atoms with Gasteiger partial charge in [0, 0.05) is 34.5 Å². The summed E-state index contributed by atoms with van der Waals surface area (Å²) in [4.78, 5) is 14.7. The second-order valence-corrected chi connectivity index (χ2v) is 6.75. The number of carbonyl (C=O) groups excluding carboxylic acids is 1. The van der Waals surface area contributed by atoms with Crippen LogP contribution in [0.15, 0.2) is 29.6 Å². The van der Waals surface area contributed by atoms with Gasteiger partial charge in [0.15, 0.2) is 0 Å². The molecular weight excluding hydrogens is 270 g/mol. The Labute approximate surface area is 122 Å². The van der Waals surface area contributed by atoms with E-state index in [2.05, 4.69) is 13.0 Å². The lowest BCUT2D eigenvalue weighted by molar-refractivity contribution is 0.0444. The van der Waals surface area contributed by atoms with Crippen LogP contribution in [0, 0.1) is 5.92 Å². The largest absolute Gasteiger partial charge is 0.373 e. The fourth-order valence-corrected chi connectivity index (χ4v) is 4.42. The van der Waals surface area contributed by atoms with Crippen molar-refractivity contribution in [1.29, 1.82) is 0 Å². The quantitative estimate of drug-likeness (QED) is 0.806. The van der Waals surface area contributed by atoms with Gasteiger partial charge in [-0.15, -0.1) is 11.3 Å². The number of fused-ring (bicyclic) bond motifs is 2. The minimum Gasteiger partial charge on any atom is -0.373 e. The summed E-state index contributed by atoms with van der Waals surface area (Å²) in [6, 6.07) is 8.12. The third kappa shape index (κ3) is 1.86. The molecule has 1 aromatic heterocycles. The Hall–Kier alpha value is -1.39. The van der Waals surface area contributed by atoms with Crippen LogP contribution in [0.25, 0.3) is 10.1 Å². The first-order valence-corrected chi connectivity index (χ1v) is 8.01. The molecule has 1 aromatic carbocycles. The van der Waals surface area contributed by atoms with Crippen LogP contribution < -0.4 is 0 Å². The van der Waals surface area contributed by atoms with Gasteiger partial charge in [0.2, 0.25) is 0 Å². The van der Waals surface area contributed by atoms with E-state index in [9.17, 15) is 4.79 Å². The molecule has 3 nitrogen and oxygen atoms in total. The summed E-state index contributed by atoms with van der Waals surface area (Å²) in [5.74, 6) is 0.687. The number of rotatable bonds is 1. The summed E-state index contributed by atoms with van der Waals surface area (Å²) in [5, 5.41) is 3.07. The van der Waals surface area contributed by atoms with Gasteiger partial charge in [0.1, 0.15) is 0 Å². The van der Waals surface area contributed by atoms with Crippen LogP contribution in [0.5, 0.6) is 0 Å². The normalized spacial score (nSPS) is 29.1. The predicted octanol–water partition coefficient (Wildman–Crippen LogP) is 3.15. The molecule has 3 atom stereocenters. The first-order valence-electron chi connectivity index (χ1n) is 7.13. The van der Waals surface area contributed by atoms with E-state index in [-0.39, 0.29) is 12.0 Å². The summed E-state index contributed by atoms with van der Waals surface area (Å²) >= 11 is 1.64. The Morgan fingerprint density at radius 1 is 1.35 bits per heavy atom. The fourth-order valence-electron chi connectivity index (χ4n) is 3.48. The summed E-state index contributed by atoms with van der Waals surface area (Å²) in [6.07, 6.45) is 1.68. The standard InChI is InChI=1S/C16H17NO2S/c1-10-6-11-7-17(8-14(11)19-10)16(18)13-9-20-15-5-3-2-4-12(13)15/h2-5,9-11,14H,6-8H2,1H3/t10-,11+,14-/m1/s1. The van der Waals surface area contributed by atoms with Gasteiger partial charge in [-0.2, -0.15) is 0 Å². The second kappa shape index (κ2) is 4.57. The van der Waals surface area contributed by atoms with Crippen LogP contribution in [0.4, 0.5) is 0 Å². The topological polar surface area (TPSA) is 29.5 Å². The van der Waals surface area contributed by atoms with E-state index in [1.807, 2.05) is 28.5 Å². The van der Waals surface area contributed by atoms with Gasteiger partial charge in [0.25, 0.3) is 5.91 Å². The molecule has 0 bridgehead atoms. The van der Waals surface area contributed by atoms with E-state index in [1.54, 1.807) is 11.3 Å². The molecule has 2 fully saturated rings. The molecule has 20 heavy (non-hydrogen) atoms. The zero-order chi connectivity index (χ0) is 13.7. The Morgan fingerprint density at radius 3 is 3.05 bits per heavy atom. The van der Waals surface area contributed by atoms with Crippen LogP contribution in [-0.4, -0.2) is 36.1 Å². The van der Waals surface area contributed by atoms with Crippen LogP contribution in [0.2, 0.25) is 0 Å². The number of thiophene rings is 1. The third-order valence-electron chi connectivity index (χ3n) is 4.42. The Balaban J connectivity index is 1.59. The van der Waals surface area contributed by atoms with Crippen molar-refractivity contribution in [3.63, 3.8) is 0 Å². The molecule has 0 saturated carbocycles. The van der Waals surface area contributed by atoms with E-state index in [4.69, 9.17) is 4.74 Å². The zero-order valence-electron chi connectivity index (χ0n) is 11.4. The van der Waals surface area contributed by atoms with Gasteiger partial charge in [0.05, 0.1) is 17.8 Å². The number of amides is 1. The molecule has 0 N–H and O–H groups in total. The smallest absolute Gasteiger partial charge is 0.255 e. The summed E-state index contributed by atoms with van der Waals surface area (Å²) in [6.45, 7) is 3.72. The monoisotopic (exact) mass is 287 g/mol. The second-order valence-electron chi connectivity index (χ2n) is 5.84. The van der Waals surface area contributed by atoms with Crippen LogP contribution in [0.1, 0.15) is 23.7 Å². The molecule has 0 radical (unpaired) electrons. The van der Waals surface area contributed by atoms with Crippen molar-refractivity contribution in [2.45, 2.75) is 25.6 Å². The van der Waals surface area contributed by atoms with Crippen LogP contribution in [0.3, 0.4) is 0 Å². The molecular formula is C16H17NO2S. The Kier molecular flexibility index (Phi) is 2.82. The molecule has 2 aliphatic heterocycles. The minimum atomic E-state index is 0.160. The average molecular weight is 287 g/mol. The first kappa shape index (κ1) is 12.4. The van der Waals surface area contributed by atoms with E-state index in [1.165, 1.54) is 4.70 Å². The van der Waals surface area contributed by atoms with Crippen molar-refractivity contribution in [3.8, 4) is 0 Å². The highest BCUT2D eigenvalue weighted by molar-refractivity contribution is 7.17. The molecule has 1 amide bonds. The minimum absolute atomic E-state index is 0.160. The lowest BCUT2D eigenvalue weighted by atomic mass is 10.0. The molecule has 104 valence electrons. The Bertz CT molecular complexity index is 651. The lowest BCUT2D eigenvalue weighted by Gasteiger charge is -2.18. The van der Waals surface area contributed by atoms with Gasteiger partial charge < -0.3 is 9.64 Å². The lowest BCUT2D eigenvalue weighted by Crippen LogP contribution is -2.31. The van der Waals surface area contributed by atoms with Gasteiger partial charge in [-0.3, -0.25) is 4.79 Å². The van der Waals surface area contributed by atoms with Crippen molar-refractivity contribution in [1.82, 2.24) is 4.90 Å². The highest BCUT2D eigenvalue weighted by Crippen LogP contribution is 2.34. The van der Waals surface area contributed by atoms with E-state index >= 15 is 0 Å². The zero-order valence-corrected chi connectivity index (χ0v) is 12.2. The Morgan fingerprint density at radius 2 is 2.20 bits per heavy atom. The van der Waals surface area contributed by atoms with E-state index < -0.39 is 0 Å². The highest BCUT2D eigenvalue weighted by Gasteiger charge is 2.42. The molecule has 0 aliphatic carbocycles. The number of benzene rings is 1. The molecule has 3 heterocycles. The molecule has 0 spiro atoms. The molecule has 2 saturated heterocycles. The number of ether oxygens (including phenoxy) is 1. The third-order valence-corrected chi connectivity index (χ3v) is 5.38. The van der Waals surface area contributed by atoms with Gasteiger partial charge in [-0.05, 0) is 19.4 Å². The first-order chi connectivity index (χ1) is 9.72. The number of nitrogens with zero attached hydrogens (tertiary/aromatic N) is 1. The maximum Gasteiger partial charge on any atom is 0.255 e. The fraction of sp³-hybridized carbons (Fsp3) is 0.438. The number of likely N-dealkylation sites (tertiary alicyclic amines) is 1. The van der Waals surface area contributed by atoms with Gasteiger partial charge in [-0.25, -0.2) is 0 Å². The summed E-state index contributed by atoms with van der Waals surface area (Å²) < 4.78 is 7.06. The van der Waals surface area contributed by atoms with Crippen molar-refractivity contribution < 1.29 is 9.53 Å². The number of hydrogen-bond acceptors (Lipinski definition) is 3. The van der Waals surface area contributed by atoms with Crippen molar-refractivity contribution >= 4 is 27.3 Å². The predicted molar refractivity (Wildman–Crippen MR) is 80.2 cm³/mol. The molecule has 2 aromatic rings.